The quantitative estimate of drug-likeness (QED) is 0.853. The van der Waals surface area contributed by atoms with E-state index in [9.17, 15) is 9.90 Å². The Hall–Kier alpha value is -1.26. The number of carbonyl (C=O) groups is 1. The summed E-state index contributed by atoms with van der Waals surface area (Å²) in [7, 11) is 1.52. The molecule has 0 amide bonds. The summed E-state index contributed by atoms with van der Waals surface area (Å²) >= 11 is 5.94. The Bertz CT molecular complexity index is 403. The van der Waals surface area contributed by atoms with Gasteiger partial charge in [-0.2, -0.15) is 0 Å². The normalized spacial score (nSPS) is 12.4. The third-order valence-corrected chi connectivity index (χ3v) is 2.68. The molecule has 0 heterocycles. The van der Waals surface area contributed by atoms with Crippen molar-refractivity contribution in [2.75, 3.05) is 7.11 Å². The van der Waals surface area contributed by atoms with Crippen LogP contribution in [0.1, 0.15) is 24.0 Å². The number of phenols is 1. The molecule has 88 valence electrons. The number of carboxylic acid groups (broad SMARTS) is 1. The van der Waals surface area contributed by atoms with Crippen molar-refractivity contribution in [3.63, 3.8) is 0 Å². The molecule has 0 saturated carbocycles. The average molecular weight is 245 g/mol. The highest BCUT2D eigenvalue weighted by Crippen LogP contribution is 2.31. The van der Waals surface area contributed by atoms with Crippen molar-refractivity contribution in [3.8, 4) is 5.75 Å². The molecular formula is C11H13ClO4. The molecular weight excluding hydrogens is 232 g/mol. The monoisotopic (exact) mass is 244 g/mol. The van der Waals surface area contributed by atoms with Gasteiger partial charge in [0.05, 0.1) is 12.5 Å². The lowest BCUT2D eigenvalue weighted by molar-refractivity contribution is -0.138. The maximum atomic E-state index is 10.8. The highest BCUT2D eigenvalue weighted by Gasteiger charge is 2.19. The molecule has 0 aromatic heterocycles. The lowest BCUT2D eigenvalue weighted by atomic mass is 9.99. The van der Waals surface area contributed by atoms with Crippen LogP contribution in [0.4, 0.5) is 0 Å². The summed E-state index contributed by atoms with van der Waals surface area (Å²) in [6.45, 7) is 1.76. The van der Waals surface area contributed by atoms with Crippen molar-refractivity contribution < 1.29 is 19.7 Å². The Kier molecular flexibility index (Phi) is 4.15. The van der Waals surface area contributed by atoms with Crippen molar-refractivity contribution in [2.24, 2.45) is 0 Å². The molecule has 0 saturated heterocycles. The molecule has 0 aliphatic carbocycles. The molecule has 0 aliphatic rings. The molecule has 1 atom stereocenters. The average Bonchev–Trinajstić information content (AvgIpc) is 2.22. The summed E-state index contributed by atoms with van der Waals surface area (Å²) in [5.74, 6) is -1.88. The van der Waals surface area contributed by atoms with Crippen LogP contribution in [0.2, 0.25) is 5.02 Å². The van der Waals surface area contributed by atoms with Crippen LogP contribution in [0.5, 0.6) is 5.75 Å². The topological polar surface area (TPSA) is 66.8 Å². The second-order valence-electron chi connectivity index (χ2n) is 3.50. The van der Waals surface area contributed by atoms with E-state index in [0.29, 0.717) is 16.1 Å². The number of benzene rings is 1. The van der Waals surface area contributed by atoms with Crippen molar-refractivity contribution in [1.29, 1.82) is 0 Å². The third-order valence-electron chi connectivity index (χ3n) is 2.33. The third kappa shape index (κ3) is 2.65. The second kappa shape index (κ2) is 5.18. The van der Waals surface area contributed by atoms with Gasteiger partial charge < -0.3 is 14.9 Å². The van der Waals surface area contributed by atoms with Crippen LogP contribution in [0.3, 0.4) is 0 Å². The van der Waals surface area contributed by atoms with Gasteiger partial charge in [-0.25, -0.2) is 0 Å². The molecule has 0 aliphatic heterocycles. The minimum absolute atomic E-state index is 0.0775. The van der Waals surface area contributed by atoms with E-state index in [-0.39, 0.29) is 12.4 Å². The van der Waals surface area contributed by atoms with Crippen LogP contribution in [-0.4, -0.2) is 23.3 Å². The summed E-state index contributed by atoms with van der Waals surface area (Å²) in [6, 6.07) is 2.89. The maximum Gasteiger partial charge on any atom is 0.310 e. The van der Waals surface area contributed by atoms with Gasteiger partial charge >= 0.3 is 5.97 Å². The number of halogens is 1. The van der Waals surface area contributed by atoms with Gasteiger partial charge in [0, 0.05) is 17.7 Å². The van der Waals surface area contributed by atoms with E-state index >= 15 is 0 Å². The minimum atomic E-state index is -1.01. The predicted molar refractivity (Wildman–Crippen MR) is 59.9 cm³/mol. The number of carboxylic acids is 1. The van der Waals surface area contributed by atoms with Crippen molar-refractivity contribution in [1.82, 2.24) is 0 Å². The zero-order valence-electron chi connectivity index (χ0n) is 9.03. The fraction of sp³-hybridized carbons (Fsp3) is 0.364. The standard InChI is InChI=1S/C11H13ClO4/c1-6(11(14)15)8-4-9(12)7(5-16-2)3-10(8)13/h3-4,6,13H,5H2,1-2H3,(H,14,15). The Morgan fingerprint density at radius 3 is 2.69 bits per heavy atom. The number of aliphatic carboxylic acids is 1. The molecule has 2 N–H and O–H groups in total. The number of methoxy groups -OCH3 is 1. The van der Waals surface area contributed by atoms with Crippen molar-refractivity contribution >= 4 is 17.6 Å². The van der Waals surface area contributed by atoms with Gasteiger partial charge in [0.1, 0.15) is 5.75 Å². The molecule has 1 rings (SSSR count). The summed E-state index contributed by atoms with van der Waals surface area (Å²) in [6.07, 6.45) is 0. The fourth-order valence-corrected chi connectivity index (χ4v) is 1.59. The zero-order chi connectivity index (χ0) is 12.3. The van der Waals surface area contributed by atoms with Crippen LogP contribution in [-0.2, 0) is 16.1 Å². The predicted octanol–water partition coefficient (Wildman–Crippen LogP) is 2.38. The molecule has 0 spiro atoms. The number of ether oxygens (including phenoxy) is 1. The van der Waals surface area contributed by atoms with E-state index in [4.69, 9.17) is 21.4 Å². The molecule has 1 aromatic carbocycles. The maximum absolute atomic E-state index is 10.8. The summed E-state index contributed by atoms with van der Waals surface area (Å²) in [5, 5.41) is 18.9. The van der Waals surface area contributed by atoms with Gasteiger partial charge in [0.2, 0.25) is 0 Å². The SMILES string of the molecule is COCc1cc(O)c(C(C)C(=O)O)cc1Cl. The Morgan fingerprint density at radius 1 is 1.56 bits per heavy atom. The molecule has 4 nitrogen and oxygen atoms in total. The fourth-order valence-electron chi connectivity index (χ4n) is 1.37. The van der Waals surface area contributed by atoms with E-state index in [1.54, 1.807) is 0 Å². The van der Waals surface area contributed by atoms with Crippen LogP contribution >= 0.6 is 11.6 Å². The van der Waals surface area contributed by atoms with E-state index in [1.807, 2.05) is 0 Å². The van der Waals surface area contributed by atoms with Gasteiger partial charge in [-0.15, -0.1) is 0 Å². The number of hydrogen-bond acceptors (Lipinski definition) is 3. The molecule has 1 unspecified atom stereocenters. The molecule has 0 radical (unpaired) electrons. The molecule has 16 heavy (non-hydrogen) atoms. The first-order valence-electron chi connectivity index (χ1n) is 4.70. The summed E-state index contributed by atoms with van der Waals surface area (Å²) in [4.78, 5) is 10.8. The highest BCUT2D eigenvalue weighted by atomic mass is 35.5. The van der Waals surface area contributed by atoms with Gasteiger partial charge in [-0.05, 0) is 24.6 Å². The number of phenolic OH excluding ortho intramolecular Hbond substituents is 1. The van der Waals surface area contributed by atoms with Crippen LogP contribution < -0.4 is 0 Å². The lowest BCUT2D eigenvalue weighted by Gasteiger charge is -2.12. The molecule has 0 bridgehead atoms. The molecule has 1 aromatic rings. The van der Waals surface area contributed by atoms with E-state index < -0.39 is 11.9 Å². The Labute approximate surface area is 98.4 Å². The Balaban J connectivity index is 3.14. The number of rotatable bonds is 4. The second-order valence-corrected chi connectivity index (χ2v) is 3.90. The van der Waals surface area contributed by atoms with Crippen molar-refractivity contribution in [3.05, 3.63) is 28.3 Å². The van der Waals surface area contributed by atoms with Crippen LogP contribution in [0.15, 0.2) is 12.1 Å². The minimum Gasteiger partial charge on any atom is -0.508 e. The van der Waals surface area contributed by atoms with Crippen molar-refractivity contribution in [2.45, 2.75) is 19.4 Å². The van der Waals surface area contributed by atoms with E-state index in [2.05, 4.69) is 0 Å². The smallest absolute Gasteiger partial charge is 0.310 e. The van der Waals surface area contributed by atoms with E-state index in [1.165, 1.54) is 26.2 Å². The number of hydrogen-bond donors (Lipinski definition) is 2. The van der Waals surface area contributed by atoms with Gasteiger partial charge in [0.15, 0.2) is 0 Å². The largest absolute Gasteiger partial charge is 0.508 e. The first-order valence-corrected chi connectivity index (χ1v) is 5.08. The highest BCUT2D eigenvalue weighted by molar-refractivity contribution is 6.31. The number of aromatic hydroxyl groups is 1. The van der Waals surface area contributed by atoms with Crippen LogP contribution in [0.25, 0.3) is 0 Å². The summed E-state index contributed by atoms with van der Waals surface area (Å²) in [5.41, 5.74) is 0.931. The first-order chi connectivity index (χ1) is 7.47. The molecule has 5 heteroatoms. The van der Waals surface area contributed by atoms with Gasteiger partial charge in [-0.1, -0.05) is 11.6 Å². The van der Waals surface area contributed by atoms with Crippen LogP contribution in [0, 0.1) is 0 Å². The summed E-state index contributed by atoms with van der Waals surface area (Å²) < 4.78 is 4.90. The Morgan fingerprint density at radius 2 is 2.19 bits per heavy atom. The molecule has 0 fully saturated rings. The van der Waals surface area contributed by atoms with E-state index in [0.717, 1.165) is 0 Å². The van der Waals surface area contributed by atoms with Gasteiger partial charge in [0.25, 0.3) is 0 Å². The zero-order valence-corrected chi connectivity index (χ0v) is 9.78. The lowest BCUT2D eigenvalue weighted by Crippen LogP contribution is -2.08. The van der Waals surface area contributed by atoms with Gasteiger partial charge in [-0.3, -0.25) is 4.79 Å². The first kappa shape index (κ1) is 12.8.